The van der Waals surface area contributed by atoms with Crippen LogP contribution in [0.1, 0.15) is 39.3 Å². The zero-order valence-corrected chi connectivity index (χ0v) is 18.1. The van der Waals surface area contributed by atoms with Gasteiger partial charge in [-0.15, -0.1) is 0 Å². The Kier molecular flexibility index (Phi) is 10.3. The van der Waals surface area contributed by atoms with Crippen LogP contribution in [0.15, 0.2) is 12.5 Å². The first kappa shape index (κ1) is 26.6. The molecule has 0 aliphatic carbocycles. The van der Waals surface area contributed by atoms with Crippen LogP contribution in [0.3, 0.4) is 0 Å². The summed E-state index contributed by atoms with van der Waals surface area (Å²) in [6.07, 6.45) is 2.44. The predicted molar refractivity (Wildman–Crippen MR) is 111 cm³/mol. The van der Waals surface area contributed by atoms with Crippen molar-refractivity contribution in [3.05, 3.63) is 18.2 Å². The quantitative estimate of drug-likeness (QED) is 0.181. The largest absolute Gasteiger partial charge is 0.481 e. The van der Waals surface area contributed by atoms with Crippen molar-refractivity contribution in [2.45, 2.75) is 64.2 Å². The minimum absolute atomic E-state index is 0.000793. The molecule has 1 rings (SSSR count). The molecule has 4 unspecified atom stereocenters. The zero-order valence-electron chi connectivity index (χ0n) is 18.1. The van der Waals surface area contributed by atoms with Gasteiger partial charge in [-0.2, -0.15) is 0 Å². The Balaban J connectivity index is 2.92. The van der Waals surface area contributed by atoms with Gasteiger partial charge in [-0.3, -0.25) is 24.0 Å². The highest BCUT2D eigenvalue weighted by Gasteiger charge is 2.31. The van der Waals surface area contributed by atoms with Crippen LogP contribution in [0.5, 0.6) is 0 Å². The number of nitrogens with one attached hydrogen (secondary N) is 4. The number of nitrogens with two attached hydrogens (primary N) is 1. The van der Waals surface area contributed by atoms with Crippen LogP contribution in [0.25, 0.3) is 0 Å². The number of carboxylic acids is 2. The molecule has 1 aromatic rings. The van der Waals surface area contributed by atoms with Crippen molar-refractivity contribution >= 4 is 29.7 Å². The van der Waals surface area contributed by atoms with Crippen molar-refractivity contribution in [3.8, 4) is 0 Å². The molecule has 13 nitrogen and oxygen atoms in total. The van der Waals surface area contributed by atoms with Gasteiger partial charge < -0.3 is 36.9 Å². The van der Waals surface area contributed by atoms with Crippen molar-refractivity contribution < 1.29 is 34.2 Å². The zero-order chi connectivity index (χ0) is 24.4. The minimum atomic E-state index is -1.24. The minimum Gasteiger partial charge on any atom is -0.481 e. The van der Waals surface area contributed by atoms with E-state index in [0.717, 1.165) is 0 Å². The molecule has 0 fully saturated rings. The molecule has 4 atom stereocenters. The second-order valence-electron chi connectivity index (χ2n) is 7.68. The Hall–Kier alpha value is -3.48. The molecule has 1 aromatic heterocycles. The molecular weight excluding hydrogens is 424 g/mol. The molecule has 0 radical (unpaired) electrons. The fourth-order valence-electron chi connectivity index (χ4n) is 2.67. The van der Waals surface area contributed by atoms with E-state index in [9.17, 15) is 24.0 Å². The highest BCUT2D eigenvalue weighted by atomic mass is 16.4. The molecule has 0 aliphatic heterocycles. The summed E-state index contributed by atoms with van der Waals surface area (Å²) < 4.78 is 0. The van der Waals surface area contributed by atoms with Crippen LogP contribution in [-0.2, 0) is 30.4 Å². The molecule has 178 valence electrons. The highest BCUT2D eigenvalue weighted by molar-refractivity contribution is 5.94. The number of rotatable bonds is 13. The van der Waals surface area contributed by atoms with Crippen molar-refractivity contribution in [1.82, 2.24) is 25.9 Å². The summed E-state index contributed by atoms with van der Waals surface area (Å²) in [6.45, 7) is 4.62. The van der Waals surface area contributed by atoms with E-state index in [4.69, 9.17) is 15.9 Å². The Morgan fingerprint density at radius 2 is 1.69 bits per heavy atom. The van der Waals surface area contributed by atoms with Gasteiger partial charge in [-0.25, -0.2) is 4.98 Å². The monoisotopic (exact) mass is 454 g/mol. The number of H-pyrrole nitrogens is 1. The van der Waals surface area contributed by atoms with Crippen LogP contribution in [0.2, 0.25) is 0 Å². The summed E-state index contributed by atoms with van der Waals surface area (Å²) in [5.41, 5.74) is 6.22. The van der Waals surface area contributed by atoms with Crippen LogP contribution in [0.4, 0.5) is 0 Å². The summed E-state index contributed by atoms with van der Waals surface area (Å²) in [4.78, 5) is 66.2. The molecule has 0 aliphatic rings. The Bertz CT molecular complexity index is 811. The van der Waals surface area contributed by atoms with Crippen molar-refractivity contribution in [2.75, 3.05) is 0 Å². The van der Waals surface area contributed by atoms with Gasteiger partial charge in [0.15, 0.2) is 0 Å². The third-order valence-electron chi connectivity index (χ3n) is 4.59. The average Bonchev–Trinajstić information content (AvgIpc) is 3.21. The maximum absolute atomic E-state index is 12.9. The number of nitrogens with zero attached hydrogens (tertiary/aromatic N) is 1. The summed E-state index contributed by atoms with van der Waals surface area (Å²) in [7, 11) is 0. The maximum atomic E-state index is 12.9. The van der Waals surface area contributed by atoms with E-state index >= 15 is 0 Å². The van der Waals surface area contributed by atoms with Gasteiger partial charge in [0.2, 0.25) is 17.7 Å². The van der Waals surface area contributed by atoms with Crippen LogP contribution >= 0.6 is 0 Å². The number of aliphatic carboxylic acids is 2. The van der Waals surface area contributed by atoms with E-state index in [1.54, 1.807) is 13.8 Å². The standard InChI is InChI=1S/C19H30N6O7/c1-9(2)15(25-16(28)12(20)4-5-14(26)27)18(30)24-13(6-11-7-21-8-22-11)17(29)23-10(3)19(31)32/h7-10,12-13,15H,4-6,20H2,1-3H3,(H,21,22)(H,23,29)(H,24,30)(H,25,28)(H,26,27)(H,31,32). The number of amides is 3. The molecule has 0 spiro atoms. The molecule has 3 amide bonds. The van der Waals surface area contributed by atoms with Crippen LogP contribution in [0, 0.1) is 5.92 Å². The Morgan fingerprint density at radius 3 is 2.19 bits per heavy atom. The number of hydrogen-bond acceptors (Lipinski definition) is 7. The molecule has 0 aromatic carbocycles. The van der Waals surface area contributed by atoms with E-state index in [0.29, 0.717) is 5.69 Å². The number of imidazole rings is 1. The van der Waals surface area contributed by atoms with Gasteiger partial charge >= 0.3 is 11.9 Å². The smallest absolute Gasteiger partial charge is 0.325 e. The lowest BCUT2D eigenvalue weighted by Gasteiger charge is -2.26. The van der Waals surface area contributed by atoms with E-state index in [1.807, 2.05) is 0 Å². The molecule has 0 saturated heterocycles. The normalized spacial score (nSPS) is 14.7. The second kappa shape index (κ2) is 12.4. The fourth-order valence-corrected chi connectivity index (χ4v) is 2.67. The molecular formula is C19H30N6O7. The molecule has 32 heavy (non-hydrogen) atoms. The summed E-state index contributed by atoms with van der Waals surface area (Å²) in [5.74, 6) is -4.84. The van der Waals surface area contributed by atoms with E-state index in [2.05, 4.69) is 25.9 Å². The maximum Gasteiger partial charge on any atom is 0.325 e. The van der Waals surface area contributed by atoms with Gasteiger partial charge in [0, 0.05) is 24.7 Å². The van der Waals surface area contributed by atoms with Gasteiger partial charge in [-0.1, -0.05) is 13.8 Å². The fraction of sp³-hybridized carbons (Fsp3) is 0.579. The lowest BCUT2D eigenvalue weighted by atomic mass is 10.0. The van der Waals surface area contributed by atoms with Gasteiger partial charge in [-0.05, 0) is 19.3 Å². The lowest BCUT2D eigenvalue weighted by molar-refractivity contribution is -0.142. The average molecular weight is 454 g/mol. The lowest BCUT2D eigenvalue weighted by Crippen LogP contribution is -2.58. The number of carbonyl (C=O) groups is 5. The molecule has 1 heterocycles. The Morgan fingerprint density at radius 1 is 1.03 bits per heavy atom. The van der Waals surface area contributed by atoms with Crippen molar-refractivity contribution in [2.24, 2.45) is 11.7 Å². The van der Waals surface area contributed by atoms with Crippen LogP contribution < -0.4 is 21.7 Å². The van der Waals surface area contributed by atoms with Gasteiger partial charge in [0.25, 0.3) is 0 Å². The third kappa shape index (κ3) is 8.71. The molecule has 0 bridgehead atoms. The van der Waals surface area contributed by atoms with Gasteiger partial charge in [0.1, 0.15) is 18.1 Å². The van der Waals surface area contributed by atoms with E-state index in [-0.39, 0.29) is 25.2 Å². The SMILES string of the molecule is CC(NC(=O)C(Cc1cnc[nH]1)NC(=O)C(NC(=O)C(N)CCC(=O)O)C(C)C)C(=O)O. The van der Waals surface area contributed by atoms with E-state index in [1.165, 1.54) is 19.4 Å². The first-order valence-corrected chi connectivity index (χ1v) is 10.0. The van der Waals surface area contributed by atoms with Gasteiger partial charge in [0.05, 0.1) is 12.4 Å². The second-order valence-corrected chi connectivity index (χ2v) is 7.68. The number of hydrogen-bond donors (Lipinski definition) is 7. The first-order chi connectivity index (χ1) is 14.9. The van der Waals surface area contributed by atoms with Crippen molar-refractivity contribution in [3.63, 3.8) is 0 Å². The van der Waals surface area contributed by atoms with Crippen LogP contribution in [-0.4, -0.2) is 74.0 Å². The first-order valence-electron chi connectivity index (χ1n) is 10.0. The topological polar surface area (TPSA) is 217 Å². The summed E-state index contributed by atoms with van der Waals surface area (Å²) >= 11 is 0. The molecule has 13 heteroatoms. The third-order valence-corrected chi connectivity index (χ3v) is 4.59. The number of aromatic nitrogens is 2. The predicted octanol–water partition coefficient (Wildman–Crippen LogP) is -1.64. The highest BCUT2D eigenvalue weighted by Crippen LogP contribution is 2.06. The van der Waals surface area contributed by atoms with Crippen molar-refractivity contribution in [1.29, 1.82) is 0 Å². The number of aromatic amines is 1. The Labute approximate surface area is 184 Å². The molecule has 0 saturated carbocycles. The summed E-state index contributed by atoms with van der Waals surface area (Å²) in [6, 6.07) is -4.52. The number of carbonyl (C=O) groups excluding carboxylic acids is 3. The molecule has 8 N–H and O–H groups in total. The summed E-state index contributed by atoms with van der Waals surface area (Å²) in [5, 5.41) is 25.1. The van der Waals surface area contributed by atoms with E-state index < -0.39 is 53.8 Å². The number of carboxylic acid groups (broad SMARTS) is 2.